The summed E-state index contributed by atoms with van der Waals surface area (Å²) < 4.78 is 32.3. The van der Waals surface area contributed by atoms with Crippen LogP contribution in [0.4, 0.5) is 5.69 Å². The van der Waals surface area contributed by atoms with Gasteiger partial charge in [0.2, 0.25) is 10.0 Å². The minimum atomic E-state index is -3.08. The van der Waals surface area contributed by atoms with E-state index in [1.807, 2.05) is 16.8 Å². The molecule has 9 nitrogen and oxygen atoms in total. The number of pyridine rings is 1. The van der Waals surface area contributed by atoms with E-state index in [0.717, 1.165) is 55.1 Å². The lowest BCUT2D eigenvalue weighted by Crippen LogP contribution is -2.49. The minimum Gasteiger partial charge on any atom is -0.495 e. The SMILES string of the molecule is COc1cc(CO)c(-c2cn3ccc(NC4CCC(CN5CCN(S(C)(=O)=O)CC5)CC4)cc3n2)cc1Cl. The van der Waals surface area contributed by atoms with Gasteiger partial charge in [0, 0.05) is 68.5 Å². The third kappa shape index (κ3) is 6.10. The molecule has 3 heterocycles. The average molecular weight is 562 g/mol. The average Bonchev–Trinajstić information content (AvgIpc) is 3.33. The Bertz CT molecular complexity index is 1380. The van der Waals surface area contributed by atoms with Crippen molar-refractivity contribution < 1.29 is 18.3 Å². The summed E-state index contributed by atoms with van der Waals surface area (Å²) in [6, 6.07) is 8.09. The first-order chi connectivity index (χ1) is 18.2. The number of sulfonamides is 1. The molecular formula is C27H36ClN5O4S. The molecule has 0 atom stereocenters. The van der Waals surface area contributed by atoms with Gasteiger partial charge in [0.25, 0.3) is 0 Å². The predicted molar refractivity (Wildman–Crippen MR) is 150 cm³/mol. The maximum absolute atomic E-state index is 11.7. The van der Waals surface area contributed by atoms with Crippen molar-refractivity contribution >= 4 is 33.0 Å². The van der Waals surface area contributed by atoms with Gasteiger partial charge >= 0.3 is 0 Å². The maximum atomic E-state index is 11.7. The molecule has 206 valence electrons. The molecule has 3 aromatic rings. The standard InChI is InChI=1S/C27H36ClN5O4S/c1-37-26-13-20(18-34)23(15-24(26)28)25-17-32-8-7-22(14-27(32)30-25)29-21-5-3-19(4-6-21)16-31-9-11-33(12-10-31)38(2,35)36/h7-8,13-15,17,19,21,29,34H,3-6,9-12,16,18H2,1-2H3. The van der Waals surface area contributed by atoms with Crippen LogP contribution in [-0.2, 0) is 16.6 Å². The molecule has 0 radical (unpaired) electrons. The van der Waals surface area contributed by atoms with E-state index in [-0.39, 0.29) is 6.61 Å². The monoisotopic (exact) mass is 561 g/mol. The molecule has 1 aliphatic heterocycles. The number of imidazole rings is 1. The first-order valence-corrected chi connectivity index (χ1v) is 15.4. The van der Waals surface area contributed by atoms with Gasteiger partial charge in [-0.3, -0.25) is 0 Å². The normalized spacial score (nSPS) is 21.6. The van der Waals surface area contributed by atoms with Crippen LogP contribution in [0.25, 0.3) is 16.9 Å². The quantitative estimate of drug-likeness (QED) is 0.432. The smallest absolute Gasteiger partial charge is 0.211 e. The van der Waals surface area contributed by atoms with E-state index in [0.29, 0.717) is 41.4 Å². The van der Waals surface area contributed by atoms with E-state index in [1.165, 1.54) is 19.1 Å². The van der Waals surface area contributed by atoms with Gasteiger partial charge in [-0.25, -0.2) is 13.4 Å². The zero-order chi connectivity index (χ0) is 26.9. The van der Waals surface area contributed by atoms with Crippen molar-refractivity contribution in [2.24, 2.45) is 5.92 Å². The van der Waals surface area contributed by atoms with Crippen LogP contribution in [0.3, 0.4) is 0 Å². The molecule has 2 aromatic heterocycles. The van der Waals surface area contributed by atoms with Gasteiger partial charge in [-0.2, -0.15) is 4.31 Å². The molecule has 11 heteroatoms. The molecule has 2 aliphatic rings. The summed E-state index contributed by atoms with van der Waals surface area (Å²) in [4.78, 5) is 7.22. The topological polar surface area (TPSA) is 99.4 Å². The Balaban J connectivity index is 1.18. The lowest BCUT2D eigenvalue weighted by molar-refractivity contribution is 0.148. The molecular weight excluding hydrogens is 526 g/mol. The molecule has 0 unspecified atom stereocenters. The number of hydrogen-bond donors (Lipinski definition) is 2. The van der Waals surface area contributed by atoms with Crippen LogP contribution < -0.4 is 10.1 Å². The van der Waals surface area contributed by atoms with Crippen molar-refractivity contribution in [2.75, 3.05) is 51.4 Å². The van der Waals surface area contributed by atoms with Gasteiger partial charge in [-0.1, -0.05) is 11.6 Å². The van der Waals surface area contributed by atoms with E-state index in [4.69, 9.17) is 21.3 Å². The van der Waals surface area contributed by atoms with Gasteiger partial charge in [-0.15, -0.1) is 0 Å². The molecule has 0 spiro atoms. The number of piperazine rings is 1. The fraction of sp³-hybridized carbons (Fsp3) is 0.519. The number of nitrogens with zero attached hydrogens (tertiary/aromatic N) is 4. The Morgan fingerprint density at radius 2 is 1.87 bits per heavy atom. The van der Waals surface area contributed by atoms with Crippen LogP contribution >= 0.6 is 11.6 Å². The van der Waals surface area contributed by atoms with Crippen LogP contribution in [0.15, 0.2) is 36.7 Å². The lowest BCUT2D eigenvalue weighted by atomic mass is 9.85. The molecule has 38 heavy (non-hydrogen) atoms. The minimum absolute atomic E-state index is 0.136. The van der Waals surface area contributed by atoms with Crippen LogP contribution in [-0.4, -0.2) is 84.2 Å². The third-order valence-electron chi connectivity index (χ3n) is 7.82. The van der Waals surface area contributed by atoms with E-state index < -0.39 is 10.0 Å². The third-order valence-corrected chi connectivity index (χ3v) is 9.42. The summed E-state index contributed by atoms with van der Waals surface area (Å²) in [7, 11) is -1.53. The highest BCUT2D eigenvalue weighted by Crippen LogP contribution is 2.34. The molecule has 0 bridgehead atoms. The van der Waals surface area contributed by atoms with E-state index in [9.17, 15) is 13.5 Å². The number of fused-ring (bicyclic) bond motifs is 1. The Kier molecular flexibility index (Phi) is 8.16. The Morgan fingerprint density at radius 1 is 1.13 bits per heavy atom. The van der Waals surface area contributed by atoms with Gasteiger partial charge in [0.05, 0.1) is 30.7 Å². The van der Waals surface area contributed by atoms with Crippen molar-refractivity contribution in [1.82, 2.24) is 18.6 Å². The highest BCUT2D eigenvalue weighted by Gasteiger charge is 2.27. The molecule has 2 fully saturated rings. The number of aliphatic hydroxyl groups excluding tert-OH is 1. The predicted octanol–water partition coefficient (Wildman–Crippen LogP) is 3.70. The van der Waals surface area contributed by atoms with Crippen molar-refractivity contribution in [3.05, 3.63) is 47.2 Å². The van der Waals surface area contributed by atoms with Gasteiger partial charge in [0.1, 0.15) is 11.4 Å². The number of halogens is 1. The van der Waals surface area contributed by atoms with Crippen molar-refractivity contribution in [3.63, 3.8) is 0 Å². The van der Waals surface area contributed by atoms with Crippen molar-refractivity contribution in [3.8, 4) is 17.0 Å². The molecule has 1 aromatic carbocycles. The maximum Gasteiger partial charge on any atom is 0.211 e. The zero-order valence-electron chi connectivity index (χ0n) is 21.9. The molecule has 5 rings (SSSR count). The van der Waals surface area contributed by atoms with E-state index in [2.05, 4.69) is 22.3 Å². The number of methoxy groups -OCH3 is 1. The van der Waals surface area contributed by atoms with Crippen molar-refractivity contribution in [1.29, 1.82) is 0 Å². The van der Waals surface area contributed by atoms with E-state index >= 15 is 0 Å². The Hall–Kier alpha value is -2.37. The zero-order valence-corrected chi connectivity index (χ0v) is 23.5. The molecule has 1 aliphatic carbocycles. The summed E-state index contributed by atoms with van der Waals surface area (Å²) in [5.74, 6) is 1.19. The molecule has 1 saturated carbocycles. The number of hydrogen-bond acceptors (Lipinski definition) is 7. The fourth-order valence-corrected chi connectivity index (χ4v) is 6.72. The first kappa shape index (κ1) is 27.2. The molecule has 1 saturated heterocycles. The van der Waals surface area contributed by atoms with E-state index in [1.54, 1.807) is 23.5 Å². The second-order valence-electron chi connectivity index (χ2n) is 10.4. The van der Waals surface area contributed by atoms with Gasteiger partial charge in [-0.05, 0) is 55.4 Å². The number of nitrogens with one attached hydrogen (secondary N) is 1. The number of rotatable bonds is 8. The summed E-state index contributed by atoms with van der Waals surface area (Å²) in [5, 5.41) is 14.0. The highest BCUT2D eigenvalue weighted by molar-refractivity contribution is 7.88. The summed E-state index contributed by atoms with van der Waals surface area (Å²) in [6.07, 6.45) is 9.80. The van der Waals surface area contributed by atoms with Gasteiger partial charge < -0.3 is 24.5 Å². The fourth-order valence-electron chi connectivity index (χ4n) is 5.66. The molecule has 2 N–H and O–H groups in total. The Morgan fingerprint density at radius 3 is 2.53 bits per heavy atom. The lowest BCUT2D eigenvalue weighted by Gasteiger charge is -2.37. The van der Waals surface area contributed by atoms with Crippen LogP contribution in [0.2, 0.25) is 5.02 Å². The Labute approximate surface area is 229 Å². The number of aromatic nitrogens is 2. The van der Waals surface area contributed by atoms with Crippen LogP contribution in [0.1, 0.15) is 31.2 Å². The van der Waals surface area contributed by atoms with Crippen molar-refractivity contribution in [2.45, 2.75) is 38.3 Å². The summed E-state index contributed by atoms with van der Waals surface area (Å²) in [6.45, 7) is 3.75. The number of anilines is 1. The summed E-state index contributed by atoms with van der Waals surface area (Å²) in [5.41, 5.74) is 4.11. The summed E-state index contributed by atoms with van der Waals surface area (Å²) >= 11 is 6.35. The van der Waals surface area contributed by atoms with Gasteiger partial charge in [0.15, 0.2) is 0 Å². The molecule has 0 amide bonds. The number of benzene rings is 1. The number of aliphatic hydroxyl groups is 1. The van der Waals surface area contributed by atoms with Crippen LogP contribution in [0, 0.1) is 5.92 Å². The van der Waals surface area contributed by atoms with Crippen LogP contribution in [0.5, 0.6) is 5.75 Å². The largest absolute Gasteiger partial charge is 0.495 e. The second-order valence-corrected chi connectivity index (χ2v) is 12.8. The first-order valence-electron chi connectivity index (χ1n) is 13.1. The second kappa shape index (κ2) is 11.4. The highest BCUT2D eigenvalue weighted by atomic mass is 35.5. The number of ether oxygens (including phenoxy) is 1.